The number of urea groups is 1. The van der Waals surface area contributed by atoms with Gasteiger partial charge in [-0.2, -0.15) is 13.2 Å². The average Bonchev–Trinajstić information content (AvgIpc) is 2.61. The molecular weight excluding hydrogens is 363 g/mol. The zero-order valence-electron chi connectivity index (χ0n) is 14.2. The second-order valence-electron chi connectivity index (χ2n) is 5.75. The van der Waals surface area contributed by atoms with Crippen LogP contribution in [0.4, 0.5) is 18.0 Å². The normalized spacial score (nSPS) is 11.1. The van der Waals surface area contributed by atoms with Crippen molar-refractivity contribution in [2.45, 2.75) is 25.7 Å². The van der Waals surface area contributed by atoms with Gasteiger partial charge in [-0.05, 0) is 29.8 Å². The number of aliphatic carboxylic acids is 1. The number of halogens is 3. The van der Waals surface area contributed by atoms with Gasteiger partial charge >= 0.3 is 18.2 Å². The lowest BCUT2D eigenvalue weighted by Crippen LogP contribution is -2.40. The molecule has 27 heavy (non-hydrogen) atoms. The van der Waals surface area contributed by atoms with E-state index < -0.39 is 23.7 Å². The van der Waals surface area contributed by atoms with E-state index in [4.69, 9.17) is 5.11 Å². The van der Waals surface area contributed by atoms with Crippen LogP contribution in [0.2, 0.25) is 0 Å². The van der Waals surface area contributed by atoms with Gasteiger partial charge in [-0.25, -0.2) is 4.79 Å². The first kappa shape index (κ1) is 20.2. The molecule has 0 radical (unpaired) electrons. The second kappa shape index (κ2) is 9.02. The number of alkyl halides is 3. The molecule has 0 aliphatic rings. The van der Waals surface area contributed by atoms with Crippen molar-refractivity contribution in [3.05, 3.63) is 65.5 Å². The molecule has 9 heteroatoms. The van der Waals surface area contributed by atoms with Crippen LogP contribution in [-0.4, -0.2) is 33.5 Å². The zero-order chi connectivity index (χ0) is 19.9. The van der Waals surface area contributed by atoms with Crippen molar-refractivity contribution >= 4 is 12.0 Å². The topological polar surface area (TPSA) is 82.5 Å². The SMILES string of the molecule is O=C(O)CCNC(=O)N(Cc1cccc(C(F)(F)F)c1)Cc1ccccn1. The summed E-state index contributed by atoms with van der Waals surface area (Å²) in [5, 5.41) is 11.1. The number of carboxylic acid groups (broad SMARTS) is 1. The highest BCUT2D eigenvalue weighted by atomic mass is 19.4. The molecule has 0 aliphatic carbocycles. The van der Waals surface area contributed by atoms with Crippen LogP contribution in [0.1, 0.15) is 23.2 Å². The van der Waals surface area contributed by atoms with Crippen molar-refractivity contribution in [2.75, 3.05) is 6.54 Å². The van der Waals surface area contributed by atoms with Crippen molar-refractivity contribution in [2.24, 2.45) is 0 Å². The molecule has 0 spiro atoms. The minimum atomic E-state index is -4.48. The third-order valence-electron chi connectivity index (χ3n) is 3.61. The number of carbonyl (C=O) groups excluding carboxylic acids is 1. The van der Waals surface area contributed by atoms with Crippen LogP contribution >= 0.6 is 0 Å². The number of amides is 2. The van der Waals surface area contributed by atoms with E-state index in [0.717, 1.165) is 12.1 Å². The van der Waals surface area contributed by atoms with Crippen molar-refractivity contribution in [1.29, 1.82) is 0 Å². The van der Waals surface area contributed by atoms with Crippen LogP contribution in [0.15, 0.2) is 48.7 Å². The van der Waals surface area contributed by atoms with Gasteiger partial charge in [0.05, 0.1) is 24.2 Å². The Bertz CT molecular complexity index is 782. The molecule has 6 nitrogen and oxygen atoms in total. The Morgan fingerprint density at radius 1 is 1.11 bits per heavy atom. The highest BCUT2D eigenvalue weighted by Gasteiger charge is 2.30. The summed E-state index contributed by atoms with van der Waals surface area (Å²) in [6.07, 6.45) is -3.20. The van der Waals surface area contributed by atoms with Crippen molar-refractivity contribution in [1.82, 2.24) is 15.2 Å². The Morgan fingerprint density at radius 2 is 1.89 bits per heavy atom. The van der Waals surface area contributed by atoms with Gasteiger partial charge in [0.25, 0.3) is 0 Å². The van der Waals surface area contributed by atoms with E-state index >= 15 is 0 Å². The Labute approximate surface area is 153 Å². The number of pyridine rings is 1. The fraction of sp³-hybridized carbons (Fsp3) is 0.278. The van der Waals surface area contributed by atoms with Crippen LogP contribution in [0.25, 0.3) is 0 Å². The number of nitrogens with zero attached hydrogens (tertiary/aromatic N) is 2. The van der Waals surface area contributed by atoms with Gasteiger partial charge < -0.3 is 15.3 Å². The summed E-state index contributed by atoms with van der Waals surface area (Å²) < 4.78 is 38.7. The lowest BCUT2D eigenvalue weighted by atomic mass is 10.1. The Hall–Kier alpha value is -3.10. The molecule has 0 saturated carbocycles. The summed E-state index contributed by atoms with van der Waals surface area (Å²) in [5.41, 5.74) is 0.0519. The standard InChI is InChI=1S/C18H18F3N3O3/c19-18(20,21)14-5-3-4-13(10-14)11-24(12-15-6-1-2-8-22-15)17(27)23-9-7-16(25)26/h1-6,8,10H,7,9,11-12H2,(H,23,27)(H,25,26). The van der Waals surface area contributed by atoms with E-state index in [1.807, 2.05) is 0 Å². The summed E-state index contributed by atoms with van der Waals surface area (Å²) in [4.78, 5) is 28.4. The number of nitrogens with one attached hydrogen (secondary N) is 1. The number of aromatic nitrogens is 1. The van der Waals surface area contributed by atoms with Crippen LogP contribution in [0.3, 0.4) is 0 Å². The molecule has 0 saturated heterocycles. The first-order valence-corrected chi connectivity index (χ1v) is 8.06. The smallest absolute Gasteiger partial charge is 0.416 e. The molecule has 2 rings (SSSR count). The maximum absolute atomic E-state index is 12.9. The maximum Gasteiger partial charge on any atom is 0.416 e. The van der Waals surface area contributed by atoms with Crippen LogP contribution < -0.4 is 5.32 Å². The lowest BCUT2D eigenvalue weighted by molar-refractivity contribution is -0.138. The molecular formula is C18H18F3N3O3. The Morgan fingerprint density at radius 3 is 2.52 bits per heavy atom. The van der Waals surface area contributed by atoms with E-state index in [0.29, 0.717) is 11.3 Å². The van der Waals surface area contributed by atoms with Gasteiger partial charge in [-0.3, -0.25) is 9.78 Å². The van der Waals surface area contributed by atoms with E-state index in [1.54, 1.807) is 24.4 Å². The number of carbonyl (C=O) groups is 2. The highest BCUT2D eigenvalue weighted by Crippen LogP contribution is 2.29. The largest absolute Gasteiger partial charge is 0.481 e. The van der Waals surface area contributed by atoms with Crippen LogP contribution in [-0.2, 0) is 24.1 Å². The van der Waals surface area contributed by atoms with Crippen molar-refractivity contribution in [3.63, 3.8) is 0 Å². The third-order valence-corrected chi connectivity index (χ3v) is 3.61. The molecule has 2 N–H and O–H groups in total. The van der Waals surface area contributed by atoms with Gasteiger partial charge in [0.2, 0.25) is 0 Å². The summed E-state index contributed by atoms with van der Waals surface area (Å²) in [5.74, 6) is -1.07. The number of hydrogen-bond acceptors (Lipinski definition) is 3. The quantitative estimate of drug-likeness (QED) is 0.771. The molecule has 0 bridgehead atoms. The fourth-order valence-corrected chi connectivity index (χ4v) is 2.34. The highest BCUT2D eigenvalue weighted by molar-refractivity contribution is 5.75. The molecule has 1 aromatic carbocycles. The van der Waals surface area contributed by atoms with Gasteiger partial charge in [-0.15, -0.1) is 0 Å². The van der Waals surface area contributed by atoms with Gasteiger partial charge in [0.1, 0.15) is 0 Å². The maximum atomic E-state index is 12.9. The number of carboxylic acids is 1. The van der Waals surface area contributed by atoms with Gasteiger partial charge in [0, 0.05) is 19.3 Å². The summed E-state index contributed by atoms with van der Waals surface area (Å²) in [7, 11) is 0. The first-order valence-electron chi connectivity index (χ1n) is 8.06. The number of rotatable bonds is 7. The molecule has 2 amide bonds. The fourth-order valence-electron chi connectivity index (χ4n) is 2.34. The predicted molar refractivity (Wildman–Crippen MR) is 90.6 cm³/mol. The van der Waals surface area contributed by atoms with Gasteiger partial charge in [0.15, 0.2) is 0 Å². The summed E-state index contributed by atoms with van der Waals surface area (Å²) in [6, 6.07) is 9.24. The Balaban J connectivity index is 2.16. The van der Waals surface area contributed by atoms with Crippen LogP contribution in [0, 0.1) is 0 Å². The average molecular weight is 381 g/mol. The molecule has 144 valence electrons. The van der Waals surface area contributed by atoms with E-state index in [9.17, 15) is 22.8 Å². The lowest BCUT2D eigenvalue weighted by Gasteiger charge is -2.23. The third kappa shape index (κ3) is 6.61. The number of hydrogen-bond donors (Lipinski definition) is 2. The molecule has 0 aliphatic heterocycles. The minimum absolute atomic E-state index is 0.0655. The molecule has 1 aromatic heterocycles. The minimum Gasteiger partial charge on any atom is -0.481 e. The van der Waals surface area contributed by atoms with E-state index in [-0.39, 0.29) is 26.1 Å². The van der Waals surface area contributed by atoms with E-state index in [1.165, 1.54) is 17.0 Å². The summed E-state index contributed by atoms with van der Waals surface area (Å²) in [6.45, 7) is -0.106. The summed E-state index contributed by atoms with van der Waals surface area (Å²) >= 11 is 0. The first-order chi connectivity index (χ1) is 12.8. The monoisotopic (exact) mass is 381 g/mol. The Kier molecular flexibility index (Phi) is 6.75. The second-order valence-corrected chi connectivity index (χ2v) is 5.75. The molecule has 1 heterocycles. The van der Waals surface area contributed by atoms with Crippen molar-refractivity contribution in [3.8, 4) is 0 Å². The zero-order valence-corrected chi connectivity index (χ0v) is 14.2. The van der Waals surface area contributed by atoms with Gasteiger partial charge in [-0.1, -0.05) is 18.2 Å². The molecule has 2 aromatic rings. The number of benzene rings is 1. The molecule has 0 unspecified atom stereocenters. The molecule has 0 fully saturated rings. The molecule has 0 atom stereocenters. The van der Waals surface area contributed by atoms with E-state index in [2.05, 4.69) is 10.3 Å². The predicted octanol–water partition coefficient (Wildman–Crippen LogP) is 3.29. The van der Waals surface area contributed by atoms with Crippen molar-refractivity contribution < 1.29 is 27.9 Å². The van der Waals surface area contributed by atoms with Crippen LogP contribution in [0.5, 0.6) is 0 Å².